The standard InChI is InChI=1S/C14H19N3O2S2/c1-11-16-13(10-20-11)9-17(3)21(18,19)14-6-4-5-12(7-14)8-15-2/h4-7,10,15H,8-9H2,1-3H3. The van der Waals surface area contributed by atoms with Crippen molar-refractivity contribution in [2.45, 2.75) is 24.9 Å². The average Bonchev–Trinajstić information content (AvgIpc) is 2.85. The highest BCUT2D eigenvalue weighted by Gasteiger charge is 2.21. The number of hydrogen-bond acceptors (Lipinski definition) is 5. The van der Waals surface area contributed by atoms with Gasteiger partial charge in [-0.3, -0.25) is 0 Å². The van der Waals surface area contributed by atoms with E-state index in [1.54, 1.807) is 25.2 Å². The first-order valence-corrected chi connectivity index (χ1v) is 8.86. The molecule has 2 aromatic rings. The van der Waals surface area contributed by atoms with E-state index >= 15 is 0 Å². The monoisotopic (exact) mass is 325 g/mol. The fraction of sp³-hybridized carbons (Fsp3) is 0.357. The van der Waals surface area contributed by atoms with E-state index in [1.807, 2.05) is 25.4 Å². The van der Waals surface area contributed by atoms with Gasteiger partial charge in [0.1, 0.15) is 0 Å². The molecule has 5 nitrogen and oxygen atoms in total. The van der Waals surface area contributed by atoms with Crippen LogP contribution in [0, 0.1) is 6.92 Å². The Morgan fingerprint density at radius 3 is 2.76 bits per heavy atom. The first-order chi connectivity index (χ1) is 9.93. The summed E-state index contributed by atoms with van der Waals surface area (Å²) in [7, 11) is -0.0892. The molecule has 0 amide bonds. The molecule has 0 fully saturated rings. The summed E-state index contributed by atoms with van der Waals surface area (Å²) in [6, 6.07) is 6.99. The zero-order chi connectivity index (χ0) is 15.5. The van der Waals surface area contributed by atoms with Gasteiger partial charge in [-0.2, -0.15) is 4.31 Å². The summed E-state index contributed by atoms with van der Waals surface area (Å²) in [6.45, 7) is 2.82. The maximum absolute atomic E-state index is 12.6. The maximum Gasteiger partial charge on any atom is 0.243 e. The Labute approximate surface area is 129 Å². The van der Waals surface area contributed by atoms with Crippen molar-refractivity contribution in [3.8, 4) is 0 Å². The first-order valence-electron chi connectivity index (χ1n) is 6.54. The van der Waals surface area contributed by atoms with Crippen molar-refractivity contribution in [1.82, 2.24) is 14.6 Å². The SMILES string of the molecule is CNCc1cccc(S(=O)(=O)N(C)Cc2csc(C)n2)c1. The zero-order valence-electron chi connectivity index (χ0n) is 12.3. The van der Waals surface area contributed by atoms with Gasteiger partial charge in [0, 0.05) is 19.0 Å². The highest BCUT2D eigenvalue weighted by atomic mass is 32.2. The number of rotatable bonds is 6. The highest BCUT2D eigenvalue weighted by molar-refractivity contribution is 7.89. The predicted octanol–water partition coefficient (Wildman–Crippen LogP) is 1.99. The quantitative estimate of drug-likeness (QED) is 0.882. The number of thiazole rings is 1. The third-order valence-electron chi connectivity index (χ3n) is 3.04. The van der Waals surface area contributed by atoms with Gasteiger partial charge in [0.25, 0.3) is 0 Å². The van der Waals surface area contributed by atoms with Crippen LogP contribution in [-0.2, 0) is 23.1 Å². The minimum absolute atomic E-state index is 0.281. The normalized spacial score (nSPS) is 12.0. The Morgan fingerprint density at radius 2 is 2.14 bits per heavy atom. The van der Waals surface area contributed by atoms with Crippen LogP contribution in [0.15, 0.2) is 34.5 Å². The van der Waals surface area contributed by atoms with Crippen LogP contribution in [0.5, 0.6) is 0 Å². The third-order valence-corrected chi connectivity index (χ3v) is 5.66. The number of aryl methyl sites for hydroxylation is 1. The number of benzene rings is 1. The van der Waals surface area contributed by atoms with Gasteiger partial charge >= 0.3 is 0 Å². The minimum atomic E-state index is -3.50. The second-order valence-corrected chi connectivity index (χ2v) is 7.90. The van der Waals surface area contributed by atoms with E-state index in [0.29, 0.717) is 11.4 Å². The van der Waals surface area contributed by atoms with E-state index in [1.165, 1.54) is 15.6 Å². The fourth-order valence-corrected chi connectivity index (χ4v) is 3.81. The average molecular weight is 325 g/mol. The Morgan fingerprint density at radius 1 is 1.38 bits per heavy atom. The second kappa shape index (κ2) is 6.65. The van der Waals surface area contributed by atoms with Gasteiger partial charge in [-0.1, -0.05) is 12.1 Å². The van der Waals surface area contributed by atoms with Crippen LogP contribution < -0.4 is 5.32 Å². The lowest BCUT2D eigenvalue weighted by Crippen LogP contribution is -2.26. The number of aromatic nitrogens is 1. The number of nitrogens with zero attached hydrogens (tertiary/aromatic N) is 2. The Kier molecular flexibility index (Phi) is 5.10. The molecule has 2 rings (SSSR count). The van der Waals surface area contributed by atoms with Crippen molar-refractivity contribution < 1.29 is 8.42 Å². The van der Waals surface area contributed by atoms with Crippen LogP contribution in [0.2, 0.25) is 0 Å². The first kappa shape index (κ1) is 16.1. The Bertz CT molecular complexity index is 711. The summed E-state index contributed by atoms with van der Waals surface area (Å²) >= 11 is 1.52. The van der Waals surface area contributed by atoms with E-state index in [0.717, 1.165) is 16.3 Å². The van der Waals surface area contributed by atoms with Crippen LogP contribution in [0.25, 0.3) is 0 Å². The molecule has 0 aliphatic heterocycles. The van der Waals surface area contributed by atoms with E-state index in [4.69, 9.17) is 0 Å². The number of sulfonamides is 1. The summed E-state index contributed by atoms with van der Waals surface area (Å²) in [5, 5.41) is 5.84. The molecule has 0 aliphatic rings. The van der Waals surface area contributed by atoms with Crippen LogP contribution >= 0.6 is 11.3 Å². The van der Waals surface area contributed by atoms with Crippen molar-refractivity contribution in [3.63, 3.8) is 0 Å². The van der Waals surface area contributed by atoms with Crippen LogP contribution in [0.1, 0.15) is 16.3 Å². The van der Waals surface area contributed by atoms with Gasteiger partial charge in [0.2, 0.25) is 10.0 Å². The highest BCUT2D eigenvalue weighted by Crippen LogP contribution is 2.19. The molecule has 0 aliphatic carbocycles. The fourth-order valence-electron chi connectivity index (χ4n) is 1.99. The van der Waals surface area contributed by atoms with Crippen LogP contribution in [0.4, 0.5) is 0 Å². The van der Waals surface area contributed by atoms with E-state index < -0.39 is 10.0 Å². The lowest BCUT2D eigenvalue weighted by molar-refractivity contribution is 0.462. The molecule has 1 aromatic heterocycles. The van der Waals surface area contributed by atoms with E-state index in [9.17, 15) is 8.42 Å². The topological polar surface area (TPSA) is 62.3 Å². The largest absolute Gasteiger partial charge is 0.316 e. The van der Waals surface area contributed by atoms with Gasteiger partial charge in [0.05, 0.1) is 22.1 Å². The lowest BCUT2D eigenvalue weighted by atomic mass is 10.2. The molecule has 21 heavy (non-hydrogen) atoms. The predicted molar refractivity (Wildman–Crippen MR) is 84.7 cm³/mol. The molecule has 1 heterocycles. The van der Waals surface area contributed by atoms with Crippen LogP contribution in [0.3, 0.4) is 0 Å². The minimum Gasteiger partial charge on any atom is -0.316 e. The molecule has 0 unspecified atom stereocenters. The van der Waals surface area contributed by atoms with Crippen molar-refractivity contribution in [2.75, 3.05) is 14.1 Å². The zero-order valence-corrected chi connectivity index (χ0v) is 14.0. The van der Waals surface area contributed by atoms with Crippen molar-refractivity contribution >= 4 is 21.4 Å². The summed E-state index contributed by atoms with van der Waals surface area (Å²) in [5.41, 5.74) is 1.71. The molecule has 0 saturated heterocycles. The molecule has 1 N–H and O–H groups in total. The third kappa shape index (κ3) is 3.88. The van der Waals surface area contributed by atoms with Gasteiger partial charge in [0.15, 0.2) is 0 Å². The molecule has 7 heteroatoms. The number of nitrogens with one attached hydrogen (secondary N) is 1. The van der Waals surface area contributed by atoms with Crippen molar-refractivity contribution in [1.29, 1.82) is 0 Å². The van der Waals surface area contributed by atoms with E-state index in [-0.39, 0.29) is 6.54 Å². The Balaban J connectivity index is 2.22. The van der Waals surface area contributed by atoms with Crippen molar-refractivity contribution in [3.05, 3.63) is 45.9 Å². The summed E-state index contributed by atoms with van der Waals surface area (Å²) in [6.07, 6.45) is 0. The van der Waals surface area contributed by atoms with Gasteiger partial charge in [-0.05, 0) is 31.7 Å². The smallest absolute Gasteiger partial charge is 0.243 e. The van der Waals surface area contributed by atoms with Gasteiger partial charge in [-0.15, -0.1) is 11.3 Å². The second-order valence-electron chi connectivity index (χ2n) is 4.80. The van der Waals surface area contributed by atoms with Gasteiger partial charge < -0.3 is 5.32 Å². The molecule has 0 radical (unpaired) electrons. The Hall–Kier alpha value is -1.28. The molecule has 0 saturated carbocycles. The molecular weight excluding hydrogens is 306 g/mol. The summed E-state index contributed by atoms with van der Waals surface area (Å²) in [4.78, 5) is 4.62. The van der Waals surface area contributed by atoms with Gasteiger partial charge in [-0.25, -0.2) is 13.4 Å². The molecular formula is C14H19N3O2S2. The number of hydrogen-bond donors (Lipinski definition) is 1. The summed E-state index contributed by atoms with van der Waals surface area (Å²) in [5.74, 6) is 0. The summed E-state index contributed by atoms with van der Waals surface area (Å²) < 4.78 is 26.5. The maximum atomic E-state index is 12.6. The molecule has 0 bridgehead atoms. The molecule has 1 aromatic carbocycles. The van der Waals surface area contributed by atoms with E-state index in [2.05, 4.69) is 10.3 Å². The van der Waals surface area contributed by atoms with Crippen molar-refractivity contribution in [2.24, 2.45) is 0 Å². The lowest BCUT2D eigenvalue weighted by Gasteiger charge is -2.16. The molecule has 114 valence electrons. The van der Waals surface area contributed by atoms with Crippen LogP contribution in [-0.4, -0.2) is 31.8 Å². The molecule has 0 atom stereocenters. The molecule has 0 spiro atoms.